The first-order chi connectivity index (χ1) is 10.8. The summed E-state index contributed by atoms with van der Waals surface area (Å²) in [5, 5.41) is 15.1. The Morgan fingerprint density at radius 1 is 1.43 bits per heavy atom. The molecule has 0 radical (unpaired) electrons. The average molecular weight is 390 g/mol. The van der Waals surface area contributed by atoms with Gasteiger partial charge in [-0.15, -0.1) is 0 Å². The van der Waals surface area contributed by atoms with Gasteiger partial charge in [0.25, 0.3) is 5.91 Å². The number of nitrogens with one attached hydrogen (secondary N) is 1. The molecule has 1 aromatic heterocycles. The summed E-state index contributed by atoms with van der Waals surface area (Å²) in [5.41, 5.74) is -0.488. The smallest absolute Gasteiger partial charge is 0.387 e. The van der Waals surface area contributed by atoms with E-state index in [9.17, 15) is 18.4 Å². The largest absolute Gasteiger partial charge is 0.476 e. The first-order valence-corrected chi connectivity index (χ1v) is 6.90. The van der Waals surface area contributed by atoms with E-state index in [-0.39, 0.29) is 22.7 Å². The van der Waals surface area contributed by atoms with Gasteiger partial charge in [0.05, 0.1) is 17.4 Å². The second-order valence-corrected chi connectivity index (χ2v) is 5.22. The zero-order valence-corrected chi connectivity index (χ0v) is 13.2. The van der Waals surface area contributed by atoms with Gasteiger partial charge >= 0.3 is 12.6 Å². The number of carboxylic acid groups (broad SMARTS) is 1. The molecule has 7 nitrogen and oxygen atoms in total. The van der Waals surface area contributed by atoms with Crippen LogP contribution in [0.3, 0.4) is 0 Å². The highest BCUT2D eigenvalue weighted by Gasteiger charge is 2.21. The van der Waals surface area contributed by atoms with Crippen LogP contribution in [0.5, 0.6) is 5.75 Å². The number of amides is 1. The molecule has 0 atom stereocenters. The van der Waals surface area contributed by atoms with E-state index in [1.54, 1.807) is 0 Å². The van der Waals surface area contributed by atoms with Gasteiger partial charge in [0.15, 0.2) is 5.69 Å². The second-order valence-electron chi connectivity index (χ2n) is 4.31. The number of aromatic carboxylic acids is 1. The second kappa shape index (κ2) is 6.73. The molecule has 2 rings (SSSR count). The number of carboxylic acids is 1. The van der Waals surface area contributed by atoms with Crippen LogP contribution in [0.4, 0.5) is 14.5 Å². The summed E-state index contributed by atoms with van der Waals surface area (Å²) in [6.45, 7) is -3.10. The zero-order chi connectivity index (χ0) is 17.1. The maximum absolute atomic E-state index is 12.4. The highest BCUT2D eigenvalue weighted by molar-refractivity contribution is 9.10. The number of aryl methyl sites for hydroxylation is 1. The highest BCUT2D eigenvalue weighted by Crippen LogP contribution is 2.26. The molecule has 0 aliphatic carbocycles. The van der Waals surface area contributed by atoms with Gasteiger partial charge in [0.1, 0.15) is 5.75 Å². The van der Waals surface area contributed by atoms with Crippen molar-refractivity contribution in [1.82, 2.24) is 9.78 Å². The molecule has 0 bridgehead atoms. The van der Waals surface area contributed by atoms with E-state index < -0.39 is 18.5 Å². The molecular formula is C13H10BrF2N3O4. The lowest BCUT2D eigenvalue weighted by molar-refractivity contribution is -0.0501. The van der Waals surface area contributed by atoms with Gasteiger partial charge in [-0.25, -0.2) is 4.79 Å². The van der Waals surface area contributed by atoms with Crippen molar-refractivity contribution in [2.24, 2.45) is 7.05 Å². The van der Waals surface area contributed by atoms with Crippen molar-refractivity contribution in [3.05, 3.63) is 40.1 Å². The molecule has 0 aliphatic rings. The Bertz CT molecular complexity index is 764. The quantitative estimate of drug-likeness (QED) is 0.819. The lowest BCUT2D eigenvalue weighted by Crippen LogP contribution is -2.17. The Hall–Kier alpha value is -2.49. The third-order valence-electron chi connectivity index (χ3n) is 2.79. The molecule has 122 valence electrons. The van der Waals surface area contributed by atoms with Gasteiger partial charge in [0.2, 0.25) is 0 Å². The Kier molecular flexibility index (Phi) is 4.94. The molecule has 0 saturated heterocycles. The molecule has 0 aliphatic heterocycles. The molecule has 1 aromatic carbocycles. The number of ether oxygens (including phenoxy) is 1. The topological polar surface area (TPSA) is 93.5 Å². The van der Waals surface area contributed by atoms with Crippen LogP contribution in [0.25, 0.3) is 0 Å². The standard InChI is InChI=1S/C13H10BrF2N3O4/c1-19-10(12(21)22)8(5-17-19)18-11(20)7-4-6(14)2-3-9(7)23-13(15)16/h2-5,13H,1H3,(H,18,20)(H,21,22). The molecule has 0 unspecified atom stereocenters. The molecule has 2 N–H and O–H groups in total. The maximum Gasteiger partial charge on any atom is 0.387 e. The van der Waals surface area contributed by atoms with Crippen molar-refractivity contribution in [2.75, 3.05) is 5.32 Å². The summed E-state index contributed by atoms with van der Waals surface area (Å²) < 4.78 is 30.6. The minimum absolute atomic E-state index is 0.0621. The summed E-state index contributed by atoms with van der Waals surface area (Å²) in [6, 6.07) is 3.91. The number of carbonyl (C=O) groups excluding carboxylic acids is 1. The van der Waals surface area contributed by atoms with E-state index in [1.165, 1.54) is 25.2 Å². The number of benzene rings is 1. The van der Waals surface area contributed by atoms with Gasteiger partial charge in [-0.1, -0.05) is 15.9 Å². The first kappa shape index (κ1) is 16.9. The molecule has 23 heavy (non-hydrogen) atoms. The van der Waals surface area contributed by atoms with Crippen LogP contribution in [-0.2, 0) is 7.05 Å². The third-order valence-corrected chi connectivity index (χ3v) is 3.29. The number of aromatic nitrogens is 2. The van der Waals surface area contributed by atoms with E-state index in [4.69, 9.17) is 5.11 Å². The van der Waals surface area contributed by atoms with Crippen molar-refractivity contribution >= 4 is 33.5 Å². The molecule has 0 spiro atoms. The minimum atomic E-state index is -3.10. The number of halogens is 3. The molecule has 1 amide bonds. The maximum atomic E-state index is 12.4. The van der Waals surface area contributed by atoms with Crippen molar-refractivity contribution < 1.29 is 28.2 Å². The van der Waals surface area contributed by atoms with E-state index in [0.29, 0.717) is 4.47 Å². The van der Waals surface area contributed by atoms with Gasteiger partial charge in [-0.05, 0) is 18.2 Å². The van der Waals surface area contributed by atoms with Crippen LogP contribution >= 0.6 is 15.9 Å². The minimum Gasteiger partial charge on any atom is -0.476 e. The van der Waals surface area contributed by atoms with Gasteiger partial charge in [-0.3, -0.25) is 9.48 Å². The predicted octanol–water partition coefficient (Wildman–Crippen LogP) is 2.73. The lowest BCUT2D eigenvalue weighted by atomic mass is 10.2. The number of carbonyl (C=O) groups is 2. The fourth-order valence-electron chi connectivity index (χ4n) is 1.85. The van der Waals surface area contributed by atoms with Crippen LogP contribution in [-0.4, -0.2) is 33.4 Å². The van der Waals surface area contributed by atoms with Crippen LogP contribution in [0.2, 0.25) is 0 Å². The number of alkyl halides is 2. The van der Waals surface area contributed by atoms with Crippen molar-refractivity contribution in [1.29, 1.82) is 0 Å². The summed E-state index contributed by atoms with van der Waals surface area (Å²) >= 11 is 3.12. The summed E-state index contributed by atoms with van der Waals surface area (Å²) in [5.74, 6) is -2.43. The number of anilines is 1. The van der Waals surface area contributed by atoms with E-state index in [2.05, 4.69) is 31.1 Å². The third kappa shape index (κ3) is 3.83. The number of nitrogens with zero attached hydrogens (tertiary/aromatic N) is 2. The molecule has 2 aromatic rings. The normalized spacial score (nSPS) is 10.7. The van der Waals surface area contributed by atoms with E-state index in [1.807, 2.05) is 0 Å². The first-order valence-electron chi connectivity index (χ1n) is 6.10. The lowest BCUT2D eigenvalue weighted by Gasteiger charge is -2.11. The highest BCUT2D eigenvalue weighted by atomic mass is 79.9. The van der Waals surface area contributed by atoms with Crippen molar-refractivity contribution in [2.45, 2.75) is 6.61 Å². The number of hydrogen-bond acceptors (Lipinski definition) is 4. The van der Waals surface area contributed by atoms with Crippen LogP contribution in [0.1, 0.15) is 20.8 Å². The molecular weight excluding hydrogens is 380 g/mol. The summed E-state index contributed by atoms with van der Waals surface area (Å²) in [6.07, 6.45) is 1.15. The van der Waals surface area contributed by atoms with Gasteiger partial charge in [0, 0.05) is 11.5 Å². The summed E-state index contributed by atoms with van der Waals surface area (Å²) in [4.78, 5) is 23.4. The summed E-state index contributed by atoms with van der Waals surface area (Å²) in [7, 11) is 1.39. The van der Waals surface area contributed by atoms with Gasteiger partial charge < -0.3 is 15.2 Å². The van der Waals surface area contributed by atoms with E-state index in [0.717, 1.165) is 10.9 Å². The fourth-order valence-corrected chi connectivity index (χ4v) is 2.21. The zero-order valence-electron chi connectivity index (χ0n) is 11.6. The number of hydrogen-bond donors (Lipinski definition) is 2. The average Bonchev–Trinajstić information content (AvgIpc) is 2.81. The molecule has 0 fully saturated rings. The fraction of sp³-hybridized carbons (Fsp3) is 0.154. The Labute approximate surface area is 137 Å². The predicted molar refractivity (Wildman–Crippen MR) is 78.9 cm³/mol. The monoisotopic (exact) mass is 389 g/mol. The Morgan fingerprint density at radius 2 is 2.13 bits per heavy atom. The van der Waals surface area contributed by atoms with Crippen molar-refractivity contribution in [3.8, 4) is 5.75 Å². The van der Waals surface area contributed by atoms with E-state index >= 15 is 0 Å². The van der Waals surface area contributed by atoms with Crippen LogP contribution < -0.4 is 10.1 Å². The molecule has 1 heterocycles. The van der Waals surface area contributed by atoms with Crippen LogP contribution in [0.15, 0.2) is 28.9 Å². The van der Waals surface area contributed by atoms with Crippen molar-refractivity contribution in [3.63, 3.8) is 0 Å². The molecule has 0 saturated carbocycles. The molecule has 10 heteroatoms. The van der Waals surface area contributed by atoms with Gasteiger partial charge in [-0.2, -0.15) is 13.9 Å². The Morgan fingerprint density at radius 3 is 2.74 bits per heavy atom. The Balaban J connectivity index is 2.34. The van der Waals surface area contributed by atoms with Crippen LogP contribution in [0, 0.1) is 0 Å². The number of rotatable bonds is 5. The SMILES string of the molecule is Cn1ncc(NC(=O)c2cc(Br)ccc2OC(F)F)c1C(=O)O.